The second kappa shape index (κ2) is 10.7. The minimum Gasteiger partial charge on any atom is -0.489 e. The molecule has 0 aromatic heterocycles. The summed E-state index contributed by atoms with van der Waals surface area (Å²) in [7, 11) is 2.47. The van der Waals surface area contributed by atoms with E-state index in [1.165, 1.54) is 39.3 Å². The maximum atomic E-state index is 13.0. The number of carbonyl (C=O) groups excluding carboxylic acids is 4. The van der Waals surface area contributed by atoms with E-state index in [9.17, 15) is 32.3 Å². The maximum Gasteiger partial charge on any atom is 0.416 e. The number of hydrogen-bond acceptors (Lipinski definition) is 7. The Bertz CT molecular complexity index is 1340. The SMILES string of the molecule is COC1=C(OC)C(=O)C(Cc2ccc(OC(C)=O)c(C(=O)Nc3ccc(C(F)(F)F)cc3)c2)=C(C)C1=O. The fraction of sp³-hybridized carbons (Fsp3) is 0.231. The van der Waals surface area contributed by atoms with E-state index >= 15 is 0 Å². The number of anilines is 1. The first-order chi connectivity index (χ1) is 17.4. The van der Waals surface area contributed by atoms with Crippen LogP contribution in [0.5, 0.6) is 5.75 Å². The summed E-state index contributed by atoms with van der Waals surface area (Å²) in [6.45, 7) is 2.60. The van der Waals surface area contributed by atoms with Crippen molar-refractivity contribution < 1.29 is 46.6 Å². The van der Waals surface area contributed by atoms with Crippen molar-refractivity contribution in [3.63, 3.8) is 0 Å². The van der Waals surface area contributed by atoms with Crippen LogP contribution in [0.15, 0.2) is 65.1 Å². The Hall–Kier alpha value is -4.41. The summed E-state index contributed by atoms with van der Waals surface area (Å²) < 4.78 is 53.7. The number of Topliss-reactive ketones (excluding diaryl/α,β-unsaturated/α-hetero) is 2. The zero-order valence-corrected chi connectivity index (χ0v) is 20.2. The van der Waals surface area contributed by atoms with Gasteiger partial charge in [-0.1, -0.05) is 6.07 Å². The summed E-state index contributed by atoms with van der Waals surface area (Å²) in [6, 6.07) is 8.01. The second-order valence-electron chi connectivity index (χ2n) is 7.96. The topological polar surface area (TPSA) is 108 Å². The molecule has 37 heavy (non-hydrogen) atoms. The van der Waals surface area contributed by atoms with Gasteiger partial charge < -0.3 is 19.5 Å². The third-order valence-electron chi connectivity index (χ3n) is 5.49. The highest BCUT2D eigenvalue weighted by Gasteiger charge is 2.35. The first-order valence-electron chi connectivity index (χ1n) is 10.8. The molecule has 2 aromatic carbocycles. The Morgan fingerprint density at radius 2 is 1.51 bits per heavy atom. The number of methoxy groups -OCH3 is 2. The molecule has 0 unspecified atom stereocenters. The number of alkyl halides is 3. The normalized spacial score (nSPS) is 14.0. The van der Waals surface area contributed by atoms with Crippen LogP contribution in [0.4, 0.5) is 18.9 Å². The Morgan fingerprint density at radius 1 is 0.919 bits per heavy atom. The van der Waals surface area contributed by atoms with Crippen molar-refractivity contribution >= 4 is 29.1 Å². The van der Waals surface area contributed by atoms with Crippen LogP contribution in [0.3, 0.4) is 0 Å². The Balaban J connectivity index is 1.94. The van der Waals surface area contributed by atoms with Gasteiger partial charge in [0.15, 0.2) is 0 Å². The number of rotatable bonds is 7. The van der Waals surface area contributed by atoms with Gasteiger partial charge in [0.25, 0.3) is 5.91 Å². The summed E-state index contributed by atoms with van der Waals surface area (Å²) in [5.74, 6) is -3.11. The number of benzene rings is 2. The van der Waals surface area contributed by atoms with Crippen LogP contribution in [0.2, 0.25) is 0 Å². The van der Waals surface area contributed by atoms with E-state index in [1.807, 2.05) is 0 Å². The molecule has 3 rings (SSSR count). The lowest BCUT2D eigenvalue weighted by Crippen LogP contribution is -2.26. The van der Waals surface area contributed by atoms with E-state index in [-0.39, 0.29) is 46.1 Å². The zero-order chi connectivity index (χ0) is 27.5. The highest BCUT2D eigenvalue weighted by molar-refractivity contribution is 6.23. The monoisotopic (exact) mass is 517 g/mol. The van der Waals surface area contributed by atoms with Gasteiger partial charge in [0.2, 0.25) is 23.1 Å². The second-order valence-corrected chi connectivity index (χ2v) is 7.96. The van der Waals surface area contributed by atoms with Gasteiger partial charge in [-0.25, -0.2) is 0 Å². The number of amides is 1. The molecule has 1 aliphatic carbocycles. The van der Waals surface area contributed by atoms with Gasteiger partial charge in [0, 0.05) is 30.2 Å². The minimum absolute atomic E-state index is 0.0683. The quantitative estimate of drug-likeness (QED) is 0.330. The lowest BCUT2D eigenvalue weighted by Gasteiger charge is -2.20. The molecule has 0 radical (unpaired) electrons. The van der Waals surface area contributed by atoms with Crippen LogP contribution >= 0.6 is 0 Å². The predicted molar refractivity (Wildman–Crippen MR) is 125 cm³/mol. The highest BCUT2D eigenvalue weighted by Crippen LogP contribution is 2.31. The van der Waals surface area contributed by atoms with Crippen molar-refractivity contribution in [1.29, 1.82) is 0 Å². The number of nitrogens with one attached hydrogen (secondary N) is 1. The zero-order valence-electron chi connectivity index (χ0n) is 20.2. The number of ketones is 2. The predicted octanol–water partition coefficient (Wildman–Crippen LogP) is 4.40. The lowest BCUT2D eigenvalue weighted by molar-refractivity contribution is -0.137. The van der Waals surface area contributed by atoms with Gasteiger partial charge in [0.1, 0.15) is 5.75 Å². The van der Waals surface area contributed by atoms with Gasteiger partial charge in [0.05, 0.1) is 25.3 Å². The van der Waals surface area contributed by atoms with Gasteiger partial charge in [-0.3, -0.25) is 19.2 Å². The number of esters is 1. The summed E-state index contributed by atoms with van der Waals surface area (Å²) >= 11 is 0. The molecule has 8 nitrogen and oxygen atoms in total. The summed E-state index contributed by atoms with van der Waals surface area (Å²) in [5.41, 5.74) is -0.240. The van der Waals surface area contributed by atoms with E-state index in [4.69, 9.17) is 14.2 Å². The number of hydrogen-bond donors (Lipinski definition) is 1. The smallest absolute Gasteiger partial charge is 0.416 e. The Labute approximate surface area is 209 Å². The molecule has 0 heterocycles. The van der Waals surface area contributed by atoms with Crippen molar-refractivity contribution in [1.82, 2.24) is 0 Å². The highest BCUT2D eigenvalue weighted by atomic mass is 19.4. The van der Waals surface area contributed by atoms with Gasteiger partial charge >= 0.3 is 12.1 Å². The van der Waals surface area contributed by atoms with E-state index in [1.54, 1.807) is 0 Å². The molecular formula is C26H22F3NO7. The molecule has 0 saturated heterocycles. The number of halogens is 3. The lowest BCUT2D eigenvalue weighted by atomic mass is 9.88. The molecule has 1 aliphatic rings. The molecule has 0 aliphatic heterocycles. The summed E-state index contributed by atoms with van der Waals surface area (Å²) in [6.07, 6.45) is -4.60. The molecule has 1 amide bonds. The fourth-order valence-corrected chi connectivity index (χ4v) is 3.66. The van der Waals surface area contributed by atoms with Crippen molar-refractivity contribution in [2.45, 2.75) is 26.4 Å². The maximum absolute atomic E-state index is 13.0. The molecule has 0 atom stereocenters. The van der Waals surface area contributed by atoms with E-state index < -0.39 is 35.2 Å². The minimum atomic E-state index is -4.54. The molecule has 0 bridgehead atoms. The summed E-state index contributed by atoms with van der Waals surface area (Å²) in [4.78, 5) is 50.2. The van der Waals surface area contributed by atoms with Crippen molar-refractivity contribution in [3.05, 3.63) is 81.8 Å². The van der Waals surface area contributed by atoms with Crippen LogP contribution in [0.25, 0.3) is 0 Å². The van der Waals surface area contributed by atoms with Gasteiger partial charge in [-0.05, 0) is 48.9 Å². The molecular weight excluding hydrogens is 495 g/mol. The van der Waals surface area contributed by atoms with Gasteiger partial charge in [-0.2, -0.15) is 13.2 Å². The largest absolute Gasteiger partial charge is 0.489 e. The Kier molecular flexibility index (Phi) is 7.85. The molecule has 11 heteroatoms. The third kappa shape index (κ3) is 5.88. The standard InChI is InChI=1S/C26H22F3NO7/c1-13-18(22(33)24(36-4)23(35-3)21(13)32)11-15-5-10-20(37-14(2)31)19(12-15)25(34)30-17-8-6-16(7-9-17)26(27,28)29/h5-10,12H,11H2,1-4H3,(H,30,34). The molecule has 0 spiro atoms. The van der Waals surface area contributed by atoms with Crippen LogP contribution in [0.1, 0.15) is 35.3 Å². The third-order valence-corrected chi connectivity index (χ3v) is 5.49. The van der Waals surface area contributed by atoms with E-state index in [0.29, 0.717) is 5.56 Å². The van der Waals surface area contributed by atoms with Crippen molar-refractivity contribution in [2.24, 2.45) is 0 Å². The molecule has 194 valence electrons. The first kappa shape index (κ1) is 27.2. The van der Waals surface area contributed by atoms with Gasteiger partial charge in [-0.15, -0.1) is 0 Å². The van der Waals surface area contributed by atoms with Crippen molar-refractivity contribution in [3.8, 4) is 5.75 Å². The molecule has 2 aromatic rings. The van der Waals surface area contributed by atoms with Crippen molar-refractivity contribution in [2.75, 3.05) is 19.5 Å². The molecule has 1 N–H and O–H groups in total. The number of carbonyl (C=O) groups is 4. The number of allylic oxidation sites excluding steroid dienone is 2. The number of ether oxygens (including phenoxy) is 3. The van der Waals surface area contributed by atoms with Crippen LogP contribution in [-0.4, -0.2) is 37.7 Å². The molecule has 0 fully saturated rings. The van der Waals surface area contributed by atoms with E-state index in [0.717, 1.165) is 31.2 Å². The average molecular weight is 517 g/mol. The van der Waals surface area contributed by atoms with Crippen LogP contribution < -0.4 is 10.1 Å². The molecule has 0 saturated carbocycles. The average Bonchev–Trinajstić information content (AvgIpc) is 2.84. The Morgan fingerprint density at radius 3 is 2.05 bits per heavy atom. The fourth-order valence-electron chi connectivity index (χ4n) is 3.66. The van der Waals surface area contributed by atoms with E-state index in [2.05, 4.69) is 5.32 Å². The van der Waals surface area contributed by atoms with Crippen LogP contribution in [0, 0.1) is 0 Å². The van der Waals surface area contributed by atoms with Crippen LogP contribution in [-0.2, 0) is 36.5 Å². The first-order valence-corrected chi connectivity index (χ1v) is 10.8. The summed E-state index contributed by atoms with van der Waals surface area (Å²) in [5, 5.41) is 2.46.